The van der Waals surface area contributed by atoms with Crippen LogP contribution in [0.5, 0.6) is 0 Å². The van der Waals surface area contributed by atoms with Crippen LogP contribution in [0.3, 0.4) is 0 Å². The first-order valence-electron chi connectivity index (χ1n) is 12.2. The lowest BCUT2D eigenvalue weighted by Crippen LogP contribution is -2.50. The number of carbonyl (C=O) groups excluding carboxylic acids is 1. The number of carbonyl (C=O) groups is 1. The van der Waals surface area contributed by atoms with Gasteiger partial charge in [-0.2, -0.15) is 5.10 Å². The van der Waals surface area contributed by atoms with Crippen molar-refractivity contribution in [2.75, 3.05) is 58.9 Å². The second kappa shape index (κ2) is 13.8. The van der Waals surface area contributed by atoms with Crippen molar-refractivity contribution >= 4 is 5.91 Å². The number of piperidine rings is 1. The minimum absolute atomic E-state index is 0.238. The molecule has 4 heterocycles. The van der Waals surface area contributed by atoms with Gasteiger partial charge in [0.1, 0.15) is 6.54 Å². The fraction of sp³-hybridized carbons (Fsp3) is 0.826. The topological polar surface area (TPSA) is 56.6 Å². The van der Waals surface area contributed by atoms with Crippen molar-refractivity contribution in [1.82, 2.24) is 29.8 Å². The van der Waals surface area contributed by atoms with Crippen LogP contribution in [0.1, 0.15) is 52.7 Å². The Morgan fingerprint density at radius 1 is 1.00 bits per heavy atom. The van der Waals surface area contributed by atoms with Gasteiger partial charge in [-0.1, -0.05) is 34.1 Å². The highest BCUT2D eigenvalue weighted by atomic mass is 16.2. The summed E-state index contributed by atoms with van der Waals surface area (Å²) in [7, 11) is 0. The van der Waals surface area contributed by atoms with Crippen molar-refractivity contribution in [3.8, 4) is 0 Å². The molecule has 7 nitrogen and oxygen atoms in total. The Balaban J connectivity index is 0.000000590. The van der Waals surface area contributed by atoms with Crippen molar-refractivity contribution in [3.05, 3.63) is 18.0 Å². The molecule has 2 fully saturated rings. The van der Waals surface area contributed by atoms with Crippen LogP contribution in [0.4, 0.5) is 0 Å². The Morgan fingerprint density at radius 3 is 2.23 bits per heavy atom. The lowest BCUT2D eigenvalue weighted by atomic mass is 10.0. The summed E-state index contributed by atoms with van der Waals surface area (Å²) in [4.78, 5) is 19.9. The number of amides is 1. The van der Waals surface area contributed by atoms with Crippen LogP contribution < -0.4 is 5.32 Å². The summed E-state index contributed by atoms with van der Waals surface area (Å²) in [5.74, 6) is 0.238. The summed E-state index contributed by atoms with van der Waals surface area (Å²) in [5.41, 5.74) is 1.18. The third-order valence-electron chi connectivity index (χ3n) is 5.96. The number of fused-ring (bicyclic) bond motifs is 1. The van der Waals surface area contributed by atoms with Gasteiger partial charge in [0.25, 0.3) is 0 Å². The van der Waals surface area contributed by atoms with Gasteiger partial charge in [-0.3, -0.25) is 14.4 Å². The Bertz CT molecular complexity index is 590. The van der Waals surface area contributed by atoms with E-state index >= 15 is 0 Å². The molecule has 0 saturated carbocycles. The maximum atomic E-state index is 12.6. The minimum Gasteiger partial charge on any atom is -0.338 e. The Hall–Kier alpha value is -1.44. The Kier molecular flexibility index (Phi) is 11.4. The number of nitrogens with one attached hydrogen (secondary N) is 1. The zero-order valence-corrected chi connectivity index (χ0v) is 19.8. The molecule has 30 heavy (non-hydrogen) atoms. The van der Waals surface area contributed by atoms with Gasteiger partial charge in [-0.15, -0.1) is 0 Å². The summed E-state index contributed by atoms with van der Waals surface area (Å²) in [6.07, 6.45) is 6.19. The van der Waals surface area contributed by atoms with Gasteiger partial charge in [-0.25, -0.2) is 0 Å². The van der Waals surface area contributed by atoms with E-state index in [0.717, 1.165) is 58.5 Å². The van der Waals surface area contributed by atoms with Crippen LogP contribution in [-0.4, -0.2) is 95.3 Å². The highest BCUT2D eigenvalue weighted by Gasteiger charge is 2.30. The first-order chi connectivity index (χ1) is 14.7. The quantitative estimate of drug-likeness (QED) is 0.808. The van der Waals surface area contributed by atoms with Crippen LogP contribution >= 0.6 is 0 Å². The zero-order chi connectivity index (χ0) is 21.8. The molecule has 2 saturated heterocycles. The molecular weight excluding hydrogens is 376 g/mol. The minimum atomic E-state index is 0.238. The van der Waals surface area contributed by atoms with Crippen molar-refractivity contribution in [2.24, 2.45) is 0 Å². The van der Waals surface area contributed by atoms with Gasteiger partial charge in [-0.05, 0) is 18.9 Å². The molecule has 0 aliphatic carbocycles. The average Bonchev–Trinajstić information content (AvgIpc) is 3.16. The molecule has 1 aromatic rings. The average molecular weight is 421 g/mol. The Morgan fingerprint density at radius 2 is 1.60 bits per heavy atom. The molecule has 0 aromatic carbocycles. The van der Waals surface area contributed by atoms with Crippen LogP contribution in [0.15, 0.2) is 12.3 Å². The fourth-order valence-corrected chi connectivity index (χ4v) is 4.35. The second-order valence-electron chi connectivity index (χ2n) is 8.19. The van der Waals surface area contributed by atoms with Gasteiger partial charge >= 0.3 is 0 Å². The van der Waals surface area contributed by atoms with E-state index in [0.29, 0.717) is 12.6 Å². The zero-order valence-electron chi connectivity index (χ0n) is 19.8. The first kappa shape index (κ1) is 24.8. The van der Waals surface area contributed by atoms with E-state index in [1.807, 2.05) is 24.6 Å². The molecule has 3 aliphatic heterocycles. The lowest BCUT2D eigenvalue weighted by Gasteiger charge is -2.39. The normalized spacial score (nSPS) is 21.1. The summed E-state index contributed by atoms with van der Waals surface area (Å²) in [6.45, 7) is 18.7. The molecule has 3 aliphatic rings. The summed E-state index contributed by atoms with van der Waals surface area (Å²) >= 11 is 0. The van der Waals surface area contributed by atoms with E-state index in [1.165, 1.54) is 31.7 Å². The van der Waals surface area contributed by atoms with E-state index < -0.39 is 0 Å². The van der Waals surface area contributed by atoms with Crippen LogP contribution in [-0.2, 0) is 17.8 Å². The molecule has 7 heteroatoms. The smallest absolute Gasteiger partial charge is 0.244 e. The standard InChI is InChI=1S/C18H30N6O.C3H8.C2H6/c25-18-15-24-17(1-5-20-24)4-10-23(18)16-2-8-21(9-3-16)13-14-22-11-6-19-7-12-22;1-3-2;1-2/h1,5,16,19H,2-4,6-15H2;3H2,1-2H3;1-2H3. The molecule has 0 atom stereocenters. The maximum Gasteiger partial charge on any atom is 0.244 e. The third-order valence-corrected chi connectivity index (χ3v) is 5.96. The van der Waals surface area contributed by atoms with E-state index in [9.17, 15) is 4.79 Å². The Labute approximate surface area is 183 Å². The molecule has 0 bridgehead atoms. The van der Waals surface area contributed by atoms with E-state index in [1.54, 1.807) is 6.20 Å². The van der Waals surface area contributed by atoms with Crippen LogP contribution in [0, 0.1) is 0 Å². The monoisotopic (exact) mass is 420 g/mol. The van der Waals surface area contributed by atoms with Gasteiger partial charge in [0.2, 0.25) is 5.91 Å². The highest BCUT2D eigenvalue weighted by Crippen LogP contribution is 2.20. The van der Waals surface area contributed by atoms with E-state index in [-0.39, 0.29) is 5.91 Å². The fourth-order valence-electron chi connectivity index (χ4n) is 4.35. The number of hydrogen-bond donors (Lipinski definition) is 1. The molecule has 4 rings (SSSR count). The number of piperazine rings is 1. The van der Waals surface area contributed by atoms with Crippen LogP contribution in [0.25, 0.3) is 0 Å². The van der Waals surface area contributed by atoms with Gasteiger partial charge in [0.15, 0.2) is 0 Å². The van der Waals surface area contributed by atoms with Crippen LogP contribution in [0.2, 0.25) is 0 Å². The largest absolute Gasteiger partial charge is 0.338 e. The number of rotatable bonds is 4. The summed E-state index contributed by atoms with van der Waals surface area (Å²) in [6, 6.07) is 2.45. The molecule has 172 valence electrons. The molecule has 0 radical (unpaired) electrons. The number of hydrogen-bond acceptors (Lipinski definition) is 5. The van der Waals surface area contributed by atoms with Crippen molar-refractivity contribution in [3.63, 3.8) is 0 Å². The predicted octanol–water partition coefficient (Wildman–Crippen LogP) is 2.08. The third kappa shape index (κ3) is 7.36. The van der Waals surface area contributed by atoms with Gasteiger partial charge < -0.3 is 15.1 Å². The van der Waals surface area contributed by atoms with Crippen molar-refractivity contribution in [1.29, 1.82) is 0 Å². The molecule has 1 amide bonds. The number of aromatic nitrogens is 2. The highest BCUT2D eigenvalue weighted by molar-refractivity contribution is 5.76. The van der Waals surface area contributed by atoms with Crippen molar-refractivity contribution in [2.45, 2.75) is 66.0 Å². The summed E-state index contributed by atoms with van der Waals surface area (Å²) in [5, 5.41) is 7.69. The molecular formula is C23H44N6O. The van der Waals surface area contributed by atoms with Gasteiger partial charge in [0, 0.05) is 83.3 Å². The second-order valence-corrected chi connectivity index (χ2v) is 8.19. The molecule has 1 aromatic heterocycles. The maximum absolute atomic E-state index is 12.6. The van der Waals surface area contributed by atoms with E-state index in [4.69, 9.17) is 0 Å². The summed E-state index contributed by atoms with van der Waals surface area (Å²) < 4.78 is 1.87. The number of nitrogens with zero attached hydrogens (tertiary/aromatic N) is 5. The molecule has 0 spiro atoms. The van der Waals surface area contributed by atoms with E-state index in [2.05, 4.69) is 39.0 Å². The number of likely N-dealkylation sites (tertiary alicyclic amines) is 1. The predicted molar refractivity (Wildman–Crippen MR) is 124 cm³/mol. The SMILES string of the molecule is CC.CCC.O=C1Cn2nccc2CCN1C1CCN(CCN2CCNCC2)CC1. The van der Waals surface area contributed by atoms with Crippen molar-refractivity contribution < 1.29 is 4.79 Å². The first-order valence-corrected chi connectivity index (χ1v) is 12.2. The molecule has 0 unspecified atom stereocenters. The van der Waals surface area contributed by atoms with Gasteiger partial charge in [0.05, 0.1) is 0 Å². The molecule has 1 N–H and O–H groups in total. The lowest BCUT2D eigenvalue weighted by molar-refractivity contribution is -0.134.